The fourth-order valence-corrected chi connectivity index (χ4v) is 4.52. The van der Waals surface area contributed by atoms with Crippen molar-refractivity contribution in [1.29, 1.82) is 0 Å². The molecule has 0 bridgehead atoms. The molecule has 1 saturated heterocycles. The maximum atomic E-state index is 13.2. The summed E-state index contributed by atoms with van der Waals surface area (Å²) in [4.78, 5) is 19.9. The van der Waals surface area contributed by atoms with Gasteiger partial charge in [0.05, 0.1) is 6.04 Å². The van der Waals surface area contributed by atoms with Crippen LogP contribution in [0.1, 0.15) is 42.9 Å². The number of ketones is 1. The molecule has 6 rings (SSSR count). The van der Waals surface area contributed by atoms with E-state index in [4.69, 9.17) is 4.98 Å². The largest absolute Gasteiger partial charge is 0.329 e. The van der Waals surface area contributed by atoms with Crippen LogP contribution < -0.4 is 10.2 Å². The smallest absolute Gasteiger partial charge is 0.246 e. The highest BCUT2D eigenvalue weighted by molar-refractivity contribution is 5.89. The molecule has 0 amide bonds. The lowest BCUT2D eigenvalue weighted by Gasteiger charge is -2.24. The number of H-pyrrole nitrogens is 1. The number of hydrogen-bond donors (Lipinski definition) is 2. The number of carbonyl (C=O) groups is 1. The molecule has 8 nitrogen and oxygen atoms in total. The summed E-state index contributed by atoms with van der Waals surface area (Å²) in [6.07, 6.45) is 6.17. The predicted octanol–water partition coefficient (Wildman–Crippen LogP) is 3.99. The Labute approximate surface area is 189 Å². The molecule has 1 aromatic carbocycles. The van der Waals surface area contributed by atoms with E-state index in [0.717, 1.165) is 35.4 Å². The van der Waals surface area contributed by atoms with Gasteiger partial charge in [0.25, 0.3) is 0 Å². The molecule has 168 valence electrons. The van der Waals surface area contributed by atoms with E-state index in [2.05, 4.69) is 20.6 Å². The first kappa shape index (κ1) is 19.9. The van der Waals surface area contributed by atoms with Crippen molar-refractivity contribution in [3.05, 3.63) is 65.7 Å². The summed E-state index contributed by atoms with van der Waals surface area (Å²) in [6, 6.07) is 11.7. The van der Waals surface area contributed by atoms with Gasteiger partial charge >= 0.3 is 0 Å². The van der Waals surface area contributed by atoms with Gasteiger partial charge in [0, 0.05) is 36.8 Å². The lowest BCUT2D eigenvalue weighted by molar-refractivity contribution is -0.119. The molecule has 4 aromatic rings. The molecule has 0 radical (unpaired) electrons. The molecule has 4 heterocycles. The van der Waals surface area contributed by atoms with Crippen molar-refractivity contribution in [3.8, 4) is 0 Å². The van der Waals surface area contributed by atoms with Gasteiger partial charge in [-0.15, -0.1) is 5.10 Å². The Kier molecular flexibility index (Phi) is 4.82. The molecular formula is C24H24FN7O. The van der Waals surface area contributed by atoms with Crippen molar-refractivity contribution in [2.24, 2.45) is 0 Å². The Morgan fingerprint density at radius 2 is 2.03 bits per heavy atom. The number of aromatic amines is 1. The minimum atomic E-state index is -0.303. The van der Waals surface area contributed by atoms with E-state index in [1.807, 2.05) is 29.3 Å². The van der Waals surface area contributed by atoms with E-state index in [1.165, 1.54) is 25.0 Å². The van der Waals surface area contributed by atoms with Gasteiger partial charge in [-0.2, -0.15) is 10.1 Å². The number of aromatic nitrogens is 5. The molecular weight excluding hydrogens is 421 g/mol. The second-order valence-electron chi connectivity index (χ2n) is 8.83. The first-order valence-corrected chi connectivity index (χ1v) is 11.4. The second-order valence-corrected chi connectivity index (χ2v) is 8.83. The van der Waals surface area contributed by atoms with E-state index >= 15 is 0 Å². The summed E-state index contributed by atoms with van der Waals surface area (Å²) in [5.74, 6) is 2.24. The quantitative estimate of drug-likeness (QED) is 0.447. The lowest BCUT2D eigenvalue weighted by Crippen LogP contribution is -2.38. The zero-order valence-electron chi connectivity index (χ0n) is 18.0. The first-order chi connectivity index (χ1) is 16.1. The van der Waals surface area contributed by atoms with Crippen LogP contribution in [0.4, 0.5) is 22.0 Å². The number of rotatable bonds is 7. The molecule has 2 N–H and O–H groups in total. The van der Waals surface area contributed by atoms with Crippen LogP contribution in [-0.2, 0) is 11.2 Å². The highest BCUT2D eigenvalue weighted by atomic mass is 19.1. The number of nitrogens with one attached hydrogen (secondary N) is 2. The van der Waals surface area contributed by atoms with Gasteiger partial charge in [-0.25, -0.2) is 8.91 Å². The van der Waals surface area contributed by atoms with Crippen molar-refractivity contribution < 1.29 is 9.18 Å². The number of fused-ring (bicyclic) bond motifs is 1. The van der Waals surface area contributed by atoms with Crippen LogP contribution in [0.3, 0.4) is 0 Å². The van der Waals surface area contributed by atoms with E-state index in [1.54, 1.807) is 16.6 Å². The average molecular weight is 446 g/mol. The lowest BCUT2D eigenvalue weighted by atomic mass is 10.0. The summed E-state index contributed by atoms with van der Waals surface area (Å²) in [5, 5.41) is 15.5. The van der Waals surface area contributed by atoms with E-state index in [-0.39, 0.29) is 24.1 Å². The fourth-order valence-electron chi connectivity index (χ4n) is 4.52. The highest BCUT2D eigenvalue weighted by Gasteiger charge is 2.33. The standard InChI is InChI=1S/C24H24FN7O/c25-17-9-5-15(6-10-17)13-21(33)19-3-1-11-31(19)24-27-23(20-4-2-12-32(20)30-24)26-22-14-18(28-29-22)16-7-8-16/h2,4-6,9-10,12,14,16,19H,1,3,7-8,11,13H2,(H2,26,27,28,29,30)/t19-/m0/s1. The first-order valence-electron chi connectivity index (χ1n) is 11.4. The average Bonchev–Trinajstić information content (AvgIpc) is 3.20. The molecule has 0 unspecified atom stereocenters. The molecule has 1 aliphatic heterocycles. The van der Waals surface area contributed by atoms with Crippen LogP contribution in [0.25, 0.3) is 5.52 Å². The minimum absolute atomic E-state index is 0.0891. The maximum Gasteiger partial charge on any atom is 0.246 e. The third-order valence-corrected chi connectivity index (χ3v) is 6.41. The van der Waals surface area contributed by atoms with Crippen molar-refractivity contribution in [3.63, 3.8) is 0 Å². The molecule has 1 atom stereocenters. The highest BCUT2D eigenvalue weighted by Crippen LogP contribution is 2.39. The minimum Gasteiger partial charge on any atom is -0.329 e. The third-order valence-electron chi connectivity index (χ3n) is 6.41. The Morgan fingerprint density at radius 1 is 1.18 bits per heavy atom. The van der Waals surface area contributed by atoms with E-state index < -0.39 is 0 Å². The van der Waals surface area contributed by atoms with E-state index in [9.17, 15) is 9.18 Å². The molecule has 3 aromatic heterocycles. The SMILES string of the molecule is O=C(Cc1ccc(F)cc1)[C@@H]1CCCN1c1nc(Nc2cc(C3CC3)[nH]n2)c2cccn2n1. The third kappa shape index (κ3) is 3.94. The van der Waals surface area contributed by atoms with Gasteiger partial charge in [0.1, 0.15) is 11.3 Å². The molecule has 2 fully saturated rings. The maximum absolute atomic E-state index is 13.2. The van der Waals surface area contributed by atoms with Crippen LogP contribution >= 0.6 is 0 Å². The molecule has 1 aliphatic carbocycles. The Bertz CT molecular complexity index is 1310. The van der Waals surface area contributed by atoms with Gasteiger partial charge in [0.2, 0.25) is 5.95 Å². The van der Waals surface area contributed by atoms with Gasteiger partial charge in [-0.3, -0.25) is 9.89 Å². The van der Waals surface area contributed by atoms with Crippen molar-refractivity contribution in [1.82, 2.24) is 24.8 Å². The number of halogens is 1. The second kappa shape index (κ2) is 7.99. The molecule has 2 aliphatic rings. The number of Topliss-reactive ketones (excluding diaryl/α,β-unsaturated/α-hetero) is 1. The summed E-state index contributed by atoms with van der Waals surface area (Å²) in [6.45, 7) is 0.709. The Morgan fingerprint density at radius 3 is 2.85 bits per heavy atom. The van der Waals surface area contributed by atoms with Crippen LogP contribution in [0, 0.1) is 5.82 Å². The number of nitrogens with zero attached hydrogens (tertiary/aromatic N) is 5. The summed E-state index contributed by atoms with van der Waals surface area (Å²) >= 11 is 0. The Hall–Kier alpha value is -3.75. The van der Waals surface area contributed by atoms with Gasteiger partial charge in [0.15, 0.2) is 17.4 Å². The fraction of sp³-hybridized carbons (Fsp3) is 0.333. The zero-order valence-corrected chi connectivity index (χ0v) is 18.0. The van der Waals surface area contributed by atoms with Crippen LogP contribution in [0.5, 0.6) is 0 Å². The monoisotopic (exact) mass is 445 g/mol. The molecule has 1 saturated carbocycles. The van der Waals surface area contributed by atoms with Gasteiger partial charge < -0.3 is 10.2 Å². The number of anilines is 3. The van der Waals surface area contributed by atoms with E-state index in [0.29, 0.717) is 24.2 Å². The Balaban J connectivity index is 1.27. The van der Waals surface area contributed by atoms with Gasteiger partial charge in [-0.1, -0.05) is 12.1 Å². The van der Waals surface area contributed by atoms with Crippen LogP contribution in [-0.4, -0.2) is 43.2 Å². The number of hydrogen-bond acceptors (Lipinski definition) is 6. The number of carbonyl (C=O) groups excluding carboxylic acids is 1. The molecule has 9 heteroatoms. The van der Waals surface area contributed by atoms with Crippen LogP contribution in [0.2, 0.25) is 0 Å². The predicted molar refractivity (Wildman–Crippen MR) is 122 cm³/mol. The van der Waals surface area contributed by atoms with Crippen molar-refractivity contribution in [2.45, 2.75) is 44.1 Å². The summed E-state index contributed by atoms with van der Waals surface area (Å²) < 4.78 is 15.0. The van der Waals surface area contributed by atoms with Crippen molar-refractivity contribution in [2.75, 3.05) is 16.8 Å². The summed E-state index contributed by atoms with van der Waals surface area (Å²) in [5.41, 5.74) is 2.79. The molecule has 33 heavy (non-hydrogen) atoms. The molecule has 0 spiro atoms. The topological polar surface area (TPSA) is 91.2 Å². The van der Waals surface area contributed by atoms with Crippen molar-refractivity contribution >= 4 is 28.9 Å². The summed E-state index contributed by atoms with van der Waals surface area (Å²) in [7, 11) is 0. The zero-order chi connectivity index (χ0) is 22.4. The van der Waals surface area contributed by atoms with Crippen LogP contribution in [0.15, 0.2) is 48.7 Å². The van der Waals surface area contributed by atoms with Gasteiger partial charge in [-0.05, 0) is 55.5 Å². The number of benzene rings is 1. The normalized spacial score (nSPS) is 18.2.